The van der Waals surface area contributed by atoms with Crippen LogP contribution in [0.3, 0.4) is 0 Å². The van der Waals surface area contributed by atoms with E-state index < -0.39 is 18.6 Å². The van der Waals surface area contributed by atoms with E-state index in [4.69, 9.17) is 10.8 Å². The van der Waals surface area contributed by atoms with Crippen LogP contribution >= 0.6 is 28.3 Å². The summed E-state index contributed by atoms with van der Waals surface area (Å²) in [7, 11) is 0. The summed E-state index contributed by atoms with van der Waals surface area (Å²) in [5.41, 5.74) is 5.61. The van der Waals surface area contributed by atoms with Crippen LogP contribution in [0.2, 0.25) is 0 Å². The molecule has 0 unspecified atom stereocenters. The summed E-state index contributed by atoms with van der Waals surface area (Å²) in [5.74, 6) is -3.28. The van der Waals surface area contributed by atoms with Gasteiger partial charge in [-0.15, -0.1) is 12.4 Å². The number of hydrogen-bond acceptors (Lipinski definition) is 2. The third-order valence-electron chi connectivity index (χ3n) is 1.89. The van der Waals surface area contributed by atoms with Crippen molar-refractivity contribution in [3.05, 3.63) is 34.3 Å². The minimum absolute atomic E-state index is 0. The molecule has 0 aliphatic heterocycles. The van der Waals surface area contributed by atoms with E-state index in [1.54, 1.807) is 12.1 Å². The second kappa shape index (κ2) is 5.75. The van der Waals surface area contributed by atoms with Crippen LogP contribution in [0.25, 0.3) is 0 Å². The lowest BCUT2D eigenvalue weighted by molar-refractivity contribution is -0.0711. The monoisotopic (exact) mass is 301 g/mol. The first-order valence-electron chi connectivity index (χ1n) is 3.97. The first-order chi connectivity index (χ1) is 6.47. The molecule has 86 valence electrons. The molecule has 6 heteroatoms. The topological polar surface area (TPSA) is 46.2 Å². The molecular formula is C9H11BrClF2NO. The van der Waals surface area contributed by atoms with Crippen molar-refractivity contribution in [3.63, 3.8) is 0 Å². The number of hydrogen-bond donors (Lipinski definition) is 2. The Morgan fingerprint density at radius 3 is 2.20 bits per heavy atom. The van der Waals surface area contributed by atoms with Crippen molar-refractivity contribution in [1.29, 1.82) is 0 Å². The number of aliphatic hydroxyl groups excluding tert-OH is 1. The van der Waals surface area contributed by atoms with Gasteiger partial charge < -0.3 is 10.8 Å². The molecule has 15 heavy (non-hydrogen) atoms. The lowest BCUT2D eigenvalue weighted by atomic mass is 10.0. The molecule has 0 amide bonds. The van der Waals surface area contributed by atoms with Crippen LogP contribution in [0.4, 0.5) is 8.78 Å². The molecule has 0 saturated carbocycles. The zero-order valence-electron chi connectivity index (χ0n) is 7.66. The fourth-order valence-corrected chi connectivity index (χ4v) is 1.28. The number of aliphatic hydroxyl groups is 1. The Hall–Kier alpha value is -0.230. The van der Waals surface area contributed by atoms with Crippen LogP contribution in [0, 0.1) is 0 Å². The molecule has 3 N–H and O–H groups in total. The van der Waals surface area contributed by atoms with E-state index >= 15 is 0 Å². The van der Waals surface area contributed by atoms with Crippen molar-refractivity contribution >= 4 is 28.3 Å². The predicted octanol–water partition coefficient (Wildman–Crippen LogP) is 2.50. The Morgan fingerprint density at radius 2 is 1.80 bits per heavy atom. The minimum atomic E-state index is -3.28. The van der Waals surface area contributed by atoms with Crippen LogP contribution in [0.1, 0.15) is 11.6 Å². The van der Waals surface area contributed by atoms with Crippen molar-refractivity contribution < 1.29 is 13.9 Å². The van der Waals surface area contributed by atoms with Gasteiger partial charge in [0.15, 0.2) is 0 Å². The van der Waals surface area contributed by atoms with Gasteiger partial charge in [-0.2, -0.15) is 0 Å². The van der Waals surface area contributed by atoms with Crippen molar-refractivity contribution in [2.75, 3.05) is 6.61 Å². The van der Waals surface area contributed by atoms with Crippen molar-refractivity contribution in [1.82, 2.24) is 0 Å². The average Bonchev–Trinajstić information content (AvgIpc) is 2.18. The van der Waals surface area contributed by atoms with Gasteiger partial charge in [0.25, 0.3) is 5.92 Å². The Balaban J connectivity index is 0.00000196. The molecule has 0 aromatic heterocycles. The average molecular weight is 303 g/mol. The van der Waals surface area contributed by atoms with E-state index in [0.717, 1.165) is 4.47 Å². The van der Waals surface area contributed by atoms with E-state index in [1.165, 1.54) is 12.1 Å². The van der Waals surface area contributed by atoms with Gasteiger partial charge in [0, 0.05) is 4.47 Å². The van der Waals surface area contributed by atoms with Crippen molar-refractivity contribution in [2.45, 2.75) is 12.0 Å². The third kappa shape index (κ3) is 3.68. The van der Waals surface area contributed by atoms with Crippen molar-refractivity contribution in [2.24, 2.45) is 5.73 Å². The first kappa shape index (κ1) is 14.8. The van der Waals surface area contributed by atoms with Crippen molar-refractivity contribution in [3.8, 4) is 0 Å². The van der Waals surface area contributed by atoms with Gasteiger partial charge in [0.05, 0.1) is 6.04 Å². The highest BCUT2D eigenvalue weighted by Gasteiger charge is 2.37. The van der Waals surface area contributed by atoms with Gasteiger partial charge >= 0.3 is 0 Å². The molecule has 1 rings (SSSR count). The summed E-state index contributed by atoms with van der Waals surface area (Å²) in [4.78, 5) is 0. The van der Waals surface area contributed by atoms with E-state index in [9.17, 15) is 8.78 Å². The predicted molar refractivity (Wildman–Crippen MR) is 60.4 cm³/mol. The summed E-state index contributed by atoms with van der Waals surface area (Å²) < 4.78 is 26.7. The van der Waals surface area contributed by atoms with E-state index in [0.29, 0.717) is 5.56 Å². The Morgan fingerprint density at radius 1 is 1.33 bits per heavy atom. The number of alkyl halides is 2. The molecule has 2 nitrogen and oxygen atoms in total. The molecule has 0 fully saturated rings. The van der Waals surface area contributed by atoms with Gasteiger partial charge in [-0.3, -0.25) is 0 Å². The standard InChI is InChI=1S/C9H10BrF2NO.ClH/c10-7-3-1-6(2-4-7)8(13)9(11,12)5-14;/h1-4,8,14H,5,13H2;1H/t8-;/m0./s1. The van der Waals surface area contributed by atoms with Crippen LogP contribution in [-0.2, 0) is 0 Å². The maximum atomic E-state index is 12.9. The van der Waals surface area contributed by atoms with Gasteiger partial charge in [-0.05, 0) is 17.7 Å². The summed E-state index contributed by atoms with van der Waals surface area (Å²) >= 11 is 3.18. The van der Waals surface area contributed by atoms with Crippen LogP contribution in [0.15, 0.2) is 28.7 Å². The SMILES string of the molecule is Cl.N[C@@H](c1ccc(Br)cc1)C(F)(F)CO. The maximum Gasteiger partial charge on any atom is 0.289 e. The molecular weight excluding hydrogens is 291 g/mol. The highest BCUT2D eigenvalue weighted by atomic mass is 79.9. The fraction of sp³-hybridized carbons (Fsp3) is 0.333. The molecule has 1 aromatic rings. The molecule has 1 atom stereocenters. The number of nitrogens with two attached hydrogens (primary N) is 1. The van der Waals surface area contributed by atoms with Gasteiger partial charge in [-0.1, -0.05) is 28.1 Å². The van der Waals surface area contributed by atoms with Gasteiger partial charge in [0.2, 0.25) is 0 Å². The highest BCUT2D eigenvalue weighted by Crippen LogP contribution is 2.29. The molecule has 0 radical (unpaired) electrons. The number of rotatable bonds is 3. The van der Waals surface area contributed by atoms with Crippen LogP contribution < -0.4 is 5.73 Å². The van der Waals surface area contributed by atoms with E-state index in [1.807, 2.05) is 0 Å². The van der Waals surface area contributed by atoms with E-state index in [2.05, 4.69) is 15.9 Å². The number of halogens is 4. The Kier molecular flexibility index (Phi) is 5.66. The normalized spacial score (nSPS) is 13.1. The lowest BCUT2D eigenvalue weighted by Gasteiger charge is -2.21. The van der Waals surface area contributed by atoms with Gasteiger partial charge in [-0.25, -0.2) is 8.78 Å². The largest absolute Gasteiger partial charge is 0.390 e. The highest BCUT2D eigenvalue weighted by molar-refractivity contribution is 9.10. The van der Waals surface area contributed by atoms with Gasteiger partial charge in [0.1, 0.15) is 6.61 Å². The summed E-state index contributed by atoms with van der Waals surface area (Å²) in [6, 6.07) is 4.78. The number of benzene rings is 1. The van der Waals surface area contributed by atoms with Crippen LogP contribution in [-0.4, -0.2) is 17.6 Å². The molecule has 0 heterocycles. The second-order valence-corrected chi connectivity index (χ2v) is 3.86. The fourth-order valence-electron chi connectivity index (χ4n) is 1.01. The van der Waals surface area contributed by atoms with Crippen LogP contribution in [0.5, 0.6) is 0 Å². The Labute approximate surface area is 101 Å². The molecule has 0 aliphatic carbocycles. The zero-order valence-corrected chi connectivity index (χ0v) is 10.1. The third-order valence-corrected chi connectivity index (χ3v) is 2.42. The zero-order chi connectivity index (χ0) is 10.8. The molecule has 0 aliphatic rings. The Bertz CT molecular complexity index is 307. The maximum absolute atomic E-state index is 12.9. The second-order valence-electron chi connectivity index (χ2n) is 2.95. The lowest BCUT2D eigenvalue weighted by Crippen LogP contribution is -2.36. The molecule has 1 aromatic carbocycles. The quantitative estimate of drug-likeness (QED) is 0.901. The molecule has 0 saturated heterocycles. The minimum Gasteiger partial charge on any atom is -0.390 e. The first-order valence-corrected chi connectivity index (χ1v) is 4.76. The smallest absolute Gasteiger partial charge is 0.289 e. The van der Waals surface area contributed by atoms with E-state index in [-0.39, 0.29) is 12.4 Å². The molecule has 0 bridgehead atoms. The summed E-state index contributed by atoms with van der Waals surface area (Å²) in [6.45, 7) is -1.25. The summed E-state index contributed by atoms with van der Waals surface area (Å²) in [5, 5.41) is 8.44. The summed E-state index contributed by atoms with van der Waals surface area (Å²) in [6.07, 6.45) is 0. The molecule has 0 spiro atoms.